The Bertz CT molecular complexity index is 1230. The first-order valence-corrected chi connectivity index (χ1v) is 22.8. The monoisotopic (exact) mass is 805 g/mol. The molecule has 0 aromatic rings. The standard InChI is InChI=1S/C46H78NO8P/c1-6-8-10-12-14-16-18-20-22-23-25-27-29-31-33-35-37-39-46(49)55-44(43-54-56(50,51)53-41-40-47(3,4)5)42-52-45(48)38-36-34-32-30-28-26-24-21-19-17-15-13-11-9-7-2/h9,11,14-17,20-22,24-25,27-28,30,44H,6-8,10,12-13,18-19,23,26,29,31-43H2,1-5H3/p+1/b11-9+,16-14+,17-15+,22-20+,24-21+,27-25+,30-28+/t44-/m1/s1. The van der Waals surface area contributed by atoms with Crippen molar-refractivity contribution in [1.29, 1.82) is 0 Å². The largest absolute Gasteiger partial charge is 0.472 e. The number of phosphoric acid groups is 1. The van der Waals surface area contributed by atoms with Crippen molar-refractivity contribution in [3.8, 4) is 0 Å². The molecule has 0 heterocycles. The molecule has 0 saturated heterocycles. The molecular formula is C46H79NO8P+. The molecule has 1 unspecified atom stereocenters. The summed E-state index contributed by atoms with van der Waals surface area (Å²) in [6.07, 6.45) is 47.8. The quantitative estimate of drug-likeness (QED) is 0.0217. The number of unbranched alkanes of at least 4 members (excludes halogenated alkanes) is 9. The van der Waals surface area contributed by atoms with Crippen molar-refractivity contribution < 1.29 is 42.1 Å². The number of nitrogens with zero attached hydrogens (tertiary/aromatic N) is 1. The molecule has 10 heteroatoms. The van der Waals surface area contributed by atoms with Crippen LogP contribution in [0.1, 0.15) is 142 Å². The zero-order valence-corrected chi connectivity index (χ0v) is 36.7. The van der Waals surface area contributed by atoms with E-state index >= 15 is 0 Å². The maximum Gasteiger partial charge on any atom is 0.472 e. The molecule has 0 spiro atoms. The van der Waals surface area contributed by atoms with Crippen molar-refractivity contribution >= 4 is 19.8 Å². The Kier molecular flexibility index (Phi) is 35.9. The fourth-order valence-electron chi connectivity index (χ4n) is 5.07. The third kappa shape index (κ3) is 40.8. The van der Waals surface area contributed by atoms with Gasteiger partial charge in [-0.3, -0.25) is 18.6 Å². The molecule has 320 valence electrons. The summed E-state index contributed by atoms with van der Waals surface area (Å²) in [6.45, 7) is 4.17. The minimum Gasteiger partial charge on any atom is -0.462 e. The molecule has 0 rings (SSSR count). The van der Waals surface area contributed by atoms with Crippen LogP contribution in [-0.2, 0) is 32.7 Å². The maximum absolute atomic E-state index is 12.7. The molecule has 0 amide bonds. The molecule has 0 fully saturated rings. The van der Waals surface area contributed by atoms with E-state index in [0.717, 1.165) is 77.0 Å². The van der Waals surface area contributed by atoms with Gasteiger partial charge < -0.3 is 18.9 Å². The fraction of sp³-hybridized carbons (Fsp3) is 0.652. The van der Waals surface area contributed by atoms with Gasteiger partial charge in [0.1, 0.15) is 19.8 Å². The van der Waals surface area contributed by atoms with Crippen molar-refractivity contribution in [3.63, 3.8) is 0 Å². The van der Waals surface area contributed by atoms with Gasteiger partial charge in [-0.15, -0.1) is 0 Å². The average molecular weight is 805 g/mol. The first-order valence-electron chi connectivity index (χ1n) is 21.3. The lowest BCUT2D eigenvalue weighted by Gasteiger charge is -2.24. The smallest absolute Gasteiger partial charge is 0.462 e. The summed E-state index contributed by atoms with van der Waals surface area (Å²) < 4.78 is 34.2. The number of hydrogen-bond acceptors (Lipinski definition) is 7. The van der Waals surface area contributed by atoms with Crippen LogP contribution in [0.3, 0.4) is 0 Å². The van der Waals surface area contributed by atoms with Gasteiger partial charge in [0.05, 0.1) is 27.7 Å². The van der Waals surface area contributed by atoms with Crippen molar-refractivity contribution in [1.82, 2.24) is 0 Å². The number of rotatable bonds is 37. The average Bonchev–Trinajstić information content (AvgIpc) is 3.15. The molecule has 0 saturated carbocycles. The molecule has 0 aromatic heterocycles. The summed E-state index contributed by atoms with van der Waals surface area (Å²) in [6, 6.07) is 0. The topological polar surface area (TPSA) is 108 Å². The molecule has 2 atom stereocenters. The summed E-state index contributed by atoms with van der Waals surface area (Å²) in [4.78, 5) is 35.3. The van der Waals surface area contributed by atoms with Crippen LogP contribution in [-0.4, -0.2) is 74.9 Å². The molecule has 0 aromatic carbocycles. The first kappa shape index (κ1) is 53.2. The van der Waals surface area contributed by atoms with Gasteiger partial charge in [0.25, 0.3) is 0 Å². The lowest BCUT2D eigenvalue weighted by Crippen LogP contribution is -2.37. The molecule has 0 aliphatic carbocycles. The van der Waals surface area contributed by atoms with E-state index in [1.807, 2.05) is 21.1 Å². The van der Waals surface area contributed by atoms with E-state index in [2.05, 4.69) is 98.9 Å². The van der Waals surface area contributed by atoms with Gasteiger partial charge in [0.2, 0.25) is 0 Å². The highest BCUT2D eigenvalue weighted by Gasteiger charge is 2.27. The lowest BCUT2D eigenvalue weighted by atomic mass is 10.1. The second kappa shape index (κ2) is 37.7. The summed E-state index contributed by atoms with van der Waals surface area (Å²) in [5.41, 5.74) is 0. The van der Waals surface area contributed by atoms with Gasteiger partial charge in [-0.05, 0) is 89.9 Å². The Labute approximate surface area is 341 Å². The summed E-state index contributed by atoms with van der Waals surface area (Å²) >= 11 is 0. The molecule has 0 bridgehead atoms. The predicted molar refractivity (Wildman–Crippen MR) is 233 cm³/mol. The minimum atomic E-state index is -4.39. The Morgan fingerprint density at radius 2 is 1.02 bits per heavy atom. The number of esters is 2. The van der Waals surface area contributed by atoms with Crippen molar-refractivity contribution in [2.45, 2.75) is 148 Å². The summed E-state index contributed by atoms with van der Waals surface area (Å²) in [5, 5.41) is 0. The van der Waals surface area contributed by atoms with Gasteiger partial charge in [-0.25, -0.2) is 4.57 Å². The van der Waals surface area contributed by atoms with Crippen LogP contribution in [0.15, 0.2) is 85.1 Å². The number of quaternary nitrogens is 1. The van der Waals surface area contributed by atoms with Gasteiger partial charge >= 0.3 is 19.8 Å². The van der Waals surface area contributed by atoms with Gasteiger partial charge in [-0.1, -0.05) is 125 Å². The normalized spacial score (nSPS) is 14.5. The molecular weight excluding hydrogens is 725 g/mol. The van der Waals surface area contributed by atoms with Gasteiger partial charge in [0, 0.05) is 12.8 Å². The van der Waals surface area contributed by atoms with Crippen LogP contribution in [0.5, 0.6) is 0 Å². The minimum absolute atomic E-state index is 0.0155. The van der Waals surface area contributed by atoms with E-state index in [4.69, 9.17) is 18.5 Å². The Morgan fingerprint density at radius 3 is 1.54 bits per heavy atom. The van der Waals surface area contributed by atoms with Crippen LogP contribution in [0, 0.1) is 0 Å². The number of ether oxygens (including phenoxy) is 2. The van der Waals surface area contributed by atoms with Crippen molar-refractivity contribution in [2.24, 2.45) is 0 Å². The molecule has 0 radical (unpaired) electrons. The van der Waals surface area contributed by atoms with E-state index in [1.165, 1.54) is 25.7 Å². The second-order valence-electron chi connectivity index (χ2n) is 15.0. The number of phosphoric ester groups is 1. The zero-order chi connectivity index (χ0) is 41.4. The molecule has 56 heavy (non-hydrogen) atoms. The zero-order valence-electron chi connectivity index (χ0n) is 35.8. The summed E-state index contributed by atoms with van der Waals surface area (Å²) in [7, 11) is 1.42. The Morgan fingerprint density at radius 1 is 0.571 bits per heavy atom. The van der Waals surface area contributed by atoms with Crippen LogP contribution >= 0.6 is 7.82 Å². The van der Waals surface area contributed by atoms with Crippen LogP contribution < -0.4 is 0 Å². The Hall–Kier alpha value is -2.81. The fourth-order valence-corrected chi connectivity index (χ4v) is 5.81. The van der Waals surface area contributed by atoms with Crippen LogP contribution in [0.2, 0.25) is 0 Å². The van der Waals surface area contributed by atoms with Crippen LogP contribution in [0.4, 0.5) is 0 Å². The van der Waals surface area contributed by atoms with E-state index in [0.29, 0.717) is 23.9 Å². The number of likely N-dealkylation sites (N-methyl/N-ethyl adjacent to an activating group) is 1. The number of carbonyl (C=O) groups is 2. The second-order valence-corrected chi connectivity index (χ2v) is 16.4. The van der Waals surface area contributed by atoms with E-state index in [1.54, 1.807) is 0 Å². The summed E-state index contributed by atoms with van der Waals surface area (Å²) in [5.74, 6) is -0.883. The maximum atomic E-state index is 12.7. The number of hydrogen-bond donors (Lipinski definition) is 1. The highest BCUT2D eigenvalue weighted by Crippen LogP contribution is 2.43. The van der Waals surface area contributed by atoms with Crippen LogP contribution in [0.25, 0.3) is 0 Å². The third-order valence-corrected chi connectivity index (χ3v) is 9.39. The predicted octanol–water partition coefficient (Wildman–Crippen LogP) is 12.0. The van der Waals surface area contributed by atoms with E-state index in [-0.39, 0.29) is 26.1 Å². The molecule has 9 nitrogen and oxygen atoms in total. The Balaban J connectivity index is 4.52. The molecule has 0 aliphatic rings. The lowest BCUT2D eigenvalue weighted by molar-refractivity contribution is -0.870. The number of allylic oxidation sites excluding steroid dienone is 14. The van der Waals surface area contributed by atoms with E-state index in [9.17, 15) is 19.0 Å². The molecule has 1 N–H and O–H groups in total. The SMILES string of the molecule is CC/C=C/C/C=C/C/C=C/C/C=C/CCCCC(=O)OC[C@H](COP(=O)(O)OCC[N+](C)(C)C)OC(=O)CCCCCC/C=C/C/C=C/C/C=C/CCCCC. The van der Waals surface area contributed by atoms with E-state index < -0.39 is 32.5 Å². The molecule has 0 aliphatic heterocycles. The third-order valence-electron chi connectivity index (χ3n) is 8.41. The first-order chi connectivity index (χ1) is 27.0. The highest BCUT2D eigenvalue weighted by molar-refractivity contribution is 7.47. The highest BCUT2D eigenvalue weighted by atomic mass is 31.2. The van der Waals surface area contributed by atoms with Crippen molar-refractivity contribution in [3.05, 3.63) is 85.1 Å². The van der Waals surface area contributed by atoms with Crippen molar-refractivity contribution in [2.75, 3.05) is 47.5 Å². The van der Waals surface area contributed by atoms with Gasteiger partial charge in [-0.2, -0.15) is 0 Å². The number of carbonyl (C=O) groups excluding carboxylic acids is 2. The van der Waals surface area contributed by atoms with Gasteiger partial charge in [0.15, 0.2) is 6.10 Å².